The minimum Gasteiger partial charge on any atom is -0.457 e. The van der Waals surface area contributed by atoms with E-state index in [0.717, 1.165) is 35.1 Å². The van der Waals surface area contributed by atoms with Gasteiger partial charge in [-0.05, 0) is 48.9 Å². The zero-order valence-electron chi connectivity index (χ0n) is 11.2. The first-order valence-electron chi connectivity index (χ1n) is 6.42. The Morgan fingerprint density at radius 1 is 1.05 bits per heavy atom. The summed E-state index contributed by atoms with van der Waals surface area (Å²) in [6.07, 6.45) is 1.03. The maximum absolute atomic E-state index is 6.20. The molecule has 0 aliphatic carbocycles. The fourth-order valence-electron chi connectivity index (χ4n) is 1.85. The second kappa shape index (κ2) is 6.60. The first-order chi connectivity index (χ1) is 9.22. The van der Waals surface area contributed by atoms with E-state index >= 15 is 0 Å². The number of hydrogen-bond donors (Lipinski definition) is 1. The Morgan fingerprint density at radius 3 is 2.32 bits per heavy atom. The Morgan fingerprint density at radius 2 is 1.74 bits per heavy atom. The average molecular weight is 276 g/mol. The highest BCUT2D eigenvalue weighted by Gasteiger charge is 2.03. The number of ether oxygens (including phenoxy) is 1. The van der Waals surface area contributed by atoms with Crippen molar-refractivity contribution in [2.24, 2.45) is 0 Å². The van der Waals surface area contributed by atoms with Crippen molar-refractivity contribution >= 4 is 11.6 Å². The van der Waals surface area contributed by atoms with E-state index in [1.165, 1.54) is 5.56 Å². The molecule has 3 heteroatoms. The third kappa shape index (κ3) is 3.72. The highest BCUT2D eigenvalue weighted by Crippen LogP contribution is 2.27. The Balaban J connectivity index is 2.11. The van der Waals surface area contributed by atoms with E-state index in [2.05, 4.69) is 24.4 Å². The third-order valence-electron chi connectivity index (χ3n) is 2.96. The number of aryl methyl sites for hydroxylation is 1. The number of rotatable bonds is 5. The van der Waals surface area contributed by atoms with Crippen LogP contribution in [-0.4, -0.2) is 7.05 Å². The summed E-state index contributed by atoms with van der Waals surface area (Å²) >= 11 is 6.20. The molecule has 0 spiro atoms. The number of halogens is 1. The summed E-state index contributed by atoms with van der Waals surface area (Å²) < 4.78 is 5.79. The van der Waals surface area contributed by atoms with E-state index in [1.807, 2.05) is 37.4 Å². The van der Waals surface area contributed by atoms with Crippen molar-refractivity contribution in [1.29, 1.82) is 0 Å². The summed E-state index contributed by atoms with van der Waals surface area (Å²) in [4.78, 5) is 0. The van der Waals surface area contributed by atoms with Crippen LogP contribution < -0.4 is 10.1 Å². The van der Waals surface area contributed by atoms with Gasteiger partial charge in [0.15, 0.2) is 0 Å². The Hall–Kier alpha value is -1.51. The summed E-state index contributed by atoms with van der Waals surface area (Å²) in [6.45, 7) is 2.89. The number of benzene rings is 2. The van der Waals surface area contributed by atoms with E-state index in [4.69, 9.17) is 16.3 Å². The zero-order valence-corrected chi connectivity index (χ0v) is 12.0. The van der Waals surface area contributed by atoms with E-state index in [1.54, 1.807) is 0 Å². The predicted octanol–water partition coefficient (Wildman–Crippen LogP) is 4.41. The topological polar surface area (TPSA) is 21.3 Å². The van der Waals surface area contributed by atoms with Crippen LogP contribution in [0.15, 0.2) is 42.5 Å². The first kappa shape index (κ1) is 13.9. The van der Waals surface area contributed by atoms with Gasteiger partial charge >= 0.3 is 0 Å². The molecule has 0 heterocycles. The largest absolute Gasteiger partial charge is 0.457 e. The van der Waals surface area contributed by atoms with E-state index < -0.39 is 0 Å². The van der Waals surface area contributed by atoms with Crippen LogP contribution in [0.5, 0.6) is 11.5 Å². The van der Waals surface area contributed by atoms with Crippen LogP contribution in [0.1, 0.15) is 18.1 Å². The lowest BCUT2D eigenvalue weighted by atomic mass is 10.2. The molecule has 2 aromatic rings. The van der Waals surface area contributed by atoms with Crippen molar-refractivity contribution in [3.63, 3.8) is 0 Å². The average Bonchev–Trinajstić information content (AvgIpc) is 2.43. The predicted molar refractivity (Wildman–Crippen MR) is 80.1 cm³/mol. The Labute approximate surface area is 119 Å². The number of nitrogens with one attached hydrogen (secondary N) is 1. The summed E-state index contributed by atoms with van der Waals surface area (Å²) in [7, 11) is 1.90. The molecule has 0 saturated carbocycles. The molecule has 100 valence electrons. The lowest BCUT2D eigenvalue weighted by Gasteiger charge is -2.09. The Kier molecular flexibility index (Phi) is 4.83. The third-order valence-corrected chi connectivity index (χ3v) is 3.31. The summed E-state index contributed by atoms with van der Waals surface area (Å²) in [5, 5.41) is 3.80. The molecular formula is C16H18ClNO. The molecule has 2 nitrogen and oxygen atoms in total. The monoisotopic (exact) mass is 275 g/mol. The molecule has 0 unspecified atom stereocenters. The van der Waals surface area contributed by atoms with E-state index in [0.29, 0.717) is 0 Å². The van der Waals surface area contributed by atoms with Gasteiger partial charge in [-0.2, -0.15) is 0 Å². The van der Waals surface area contributed by atoms with Crippen molar-refractivity contribution in [3.8, 4) is 11.5 Å². The molecule has 0 atom stereocenters. The molecule has 2 aromatic carbocycles. The van der Waals surface area contributed by atoms with Gasteiger partial charge in [0, 0.05) is 11.6 Å². The van der Waals surface area contributed by atoms with Gasteiger partial charge in [-0.1, -0.05) is 36.7 Å². The zero-order chi connectivity index (χ0) is 13.7. The van der Waals surface area contributed by atoms with Gasteiger partial charge in [-0.3, -0.25) is 0 Å². The smallest absolute Gasteiger partial charge is 0.128 e. The molecule has 0 fully saturated rings. The van der Waals surface area contributed by atoms with Crippen molar-refractivity contribution in [2.45, 2.75) is 19.9 Å². The number of hydrogen-bond acceptors (Lipinski definition) is 2. The molecule has 0 amide bonds. The van der Waals surface area contributed by atoms with Crippen molar-refractivity contribution in [2.75, 3.05) is 7.05 Å². The van der Waals surface area contributed by atoms with Gasteiger partial charge < -0.3 is 10.1 Å². The van der Waals surface area contributed by atoms with Crippen molar-refractivity contribution in [1.82, 2.24) is 5.32 Å². The maximum Gasteiger partial charge on any atom is 0.128 e. The van der Waals surface area contributed by atoms with E-state index in [-0.39, 0.29) is 0 Å². The van der Waals surface area contributed by atoms with Crippen LogP contribution in [0.25, 0.3) is 0 Å². The molecule has 19 heavy (non-hydrogen) atoms. The summed E-state index contributed by atoms with van der Waals surface area (Å²) in [5.74, 6) is 1.59. The summed E-state index contributed by atoms with van der Waals surface area (Å²) in [5.41, 5.74) is 2.37. The lowest BCUT2D eigenvalue weighted by Crippen LogP contribution is -2.05. The quantitative estimate of drug-likeness (QED) is 0.872. The minimum atomic E-state index is 0.719. The molecule has 0 radical (unpaired) electrons. The summed E-state index contributed by atoms with van der Waals surface area (Å²) in [6, 6.07) is 13.9. The molecule has 1 N–H and O–H groups in total. The van der Waals surface area contributed by atoms with Crippen molar-refractivity contribution in [3.05, 3.63) is 58.6 Å². The molecule has 0 aliphatic heterocycles. The van der Waals surface area contributed by atoms with Crippen LogP contribution in [0.4, 0.5) is 0 Å². The Bertz CT molecular complexity index is 537. The second-order valence-corrected chi connectivity index (χ2v) is 4.79. The van der Waals surface area contributed by atoms with Crippen LogP contribution in [0, 0.1) is 0 Å². The second-order valence-electron chi connectivity index (χ2n) is 4.38. The van der Waals surface area contributed by atoms with Gasteiger partial charge in [-0.25, -0.2) is 0 Å². The van der Waals surface area contributed by atoms with Gasteiger partial charge in [0.2, 0.25) is 0 Å². The van der Waals surface area contributed by atoms with Gasteiger partial charge in [0.1, 0.15) is 11.5 Å². The van der Waals surface area contributed by atoms with Crippen LogP contribution >= 0.6 is 11.6 Å². The standard InChI is InChI=1S/C16H18ClNO/c1-3-12-4-7-14(8-5-12)19-15-9-6-13(11-18-2)16(17)10-15/h4-10,18H,3,11H2,1-2H3. The van der Waals surface area contributed by atoms with Gasteiger partial charge in [0.25, 0.3) is 0 Å². The van der Waals surface area contributed by atoms with Crippen molar-refractivity contribution < 1.29 is 4.74 Å². The molecule has 0 aromatic heterocycles. The van der Waals surface area contributed by atoms with Crippen LogP contribution in [0.3, 0.4) is 0 Å². The van der Waals surface area contributed by atoms with E-state index in [9.17, 15) is 0 Å². The SMILES string of the molecule is CCc1ccc(Oc2ccc(CNC)c(Cl)c2)cc1. The lowest BCUT2D eigenvalue weighted by molar-refractivity contribution is 0.482. The fraction of sp³-hybridized carbons (Fsp3) is 0.250. The minimum absolute atomic E-state index is 0.719. The highest BCUT2D eigenvalue weighted by molar-refractivity contribution is 6.31. The highest BCUT2D eigenvalue weighted by atomic mass is 35.5. The normalized spacial score (nSPS) is 10.5. The molecule has 0 saturated heterocycles. The van der Waals surface area contributed by atoms with Crippen LogP contribution in [0.2, 0.25) is 5.02 Å². The molecule has 0 bridgehead atoms. The molecule has 0 aliphatic rings. The molecular weight excluding hydrogens is 258 g/mol. The van der Waals surface area contributed by atoms with Gasteiger partial charge in [0.05, 0.1) is 0 Å². The maximum atomic E-state index is 6.20. The molecule has 2 rings (SSSR count). The van der Waals surface area contributed by atoms with Gasteiger partial charge in [-0.15, -0.1) is 0 Å². The fourth-order valence-corrected chi connectivity index (χ4v) is 2.09. The first-order valence-corrected chi connectivity index (χ1v) is 6.80. The van der Waals surface area contributed by atoms with Crippen LogP contribution in [-0.2, 0) is 13.0 Å².